The molecule has 6 heteroatoms. The number of rotatable bonds is 5. The van der Waals surface area contributed by atoms with Gasteiger partial charge in [-0.3, -0.25) is 4.79 Å². The molecule has 0 bridgehead atoms. The van der Waals surface area contributed by atoms with Crippen molar-refractivity contribution >= 4 is 5.91 Å². The fraction of sp³-hybridized carbons (Fsp3) is 0.462. The number of halogens is 3. The van der Waals surface area contributed by atoms with Gasteiger partial charge in [-0.2, -0.15) is 13.2 Å². The van der Waals surface area contributed by atoms with E-state index in [1.54, 1.807) is 37.3 Å². The van der Waals surface area contributed by atoms with Gasteiger partial charge < -0.3 is 10.6 Å². The lowest BCUT2D eigenvalue weighted by Gasteiger charge is -2.26. The highest BCUT2D eigenvalue weighted by Crippen LogP contribution is 2.20. The molecular weight excluding hydrogens is 257 g/mol. The summed E-state index contributed by atoms with van der Waals surface area (Å²) in [5, 5.41) is 0. The molecule has 0 aliphatic carbocycles. The van der Waals surface area contributed by atoms with Gasteiger partial charge in [0, 0.05) is 6.54 Å². The fourth-order valence-corrected chi connectivity index (χ4v) is 1.75. The van der Waals surface area contributed by atoms with E-state index in [2.05, 4.69) is 0 Å². The van der Waals surface area contributed by atoms with Gasteiger partial charge in [0.25, 0.3) is 0 Å². The molecule has 0 unspecified atom stereocenters. The third kappa shape index (κ3) is 4.90. The summed E-state index contributed by atoms with van der Waals surface area (Å²) in [7, 11) is 0. The van der Waals surface area contributed by atoms with Crippen molar-refractivity contribution in [3.05, 3.63) is 35.9 Å². The van der Waals surface area contributed by atoms with Crippen LogP contribution in [0.2, 0.25) is 0 Å². The molecule has 1 rings (SSSR count). The minimum absolute atomic E-state index is 0.0406. The van der Waals surface area contributed by atoms with Crippen molar-refractivity contribution in [3.63, 3.8) is 0 Å². The highest BCUT2D eigenvalue weighted by Gasteiger charge is 2.34. The van der Waals surface area contributed by atoms with E-state index in [0.717, 1.165) is 4.90 Å². The molecule has 0 fully saturated rings. The molecule has 106 valence electrons. The van der Waals surface area contributed by atoms with Gasteiger partial charge in [-0.15, -0.1) is 0 Å². The molecule has 0 saturated carbocycles. The lowest BCUT2D eigenvalue weighted by molar-refractivity contribution is -0.162. The van der Waals surface area contributed by atoms with E-state index in [1.807, 2.05) is 0 Å². The van der Waals surface area contributed by atoms with Gasteiger partial charge in [-0.05, 0) is 12.0 Å². The van der Waals surface area contributed by atoms with Crippen LogP contribution < -0.4 is 5.73 Å². The Labute approximate surface area is 110 Å². The van der Waals surface area contributed by atoms with Crippen LogP contribution in [-0.2, 0) is 4.79 Å². The highest BCUT2D eigenvalue weighted by molar-refractivity contribution is 5.83. The maximum atomic E-state index is 12.4. The molecule has 1 aromatic rings. The largest absolute Gasteiger partial charge is 0.406 e. The maximum absolute atomic E-state index is 12.4. The summed E-state index contributed by atoms with van der Waals surface area (Å²) < 4.78 is 37.3. The van der Waals surface area contributed by atoms with Crippen LogP contribution in [0, 0.1) is 0 Å². The van der Waals surface area contributed by atoms with Gasteiger partial charge in [0.1, 0.15) is 12.6 Å². The third-order valence-electron chi connectivity index (χ3n) is 2.60. The van der Waals surface area contributed by atoms with Crippen molar-refractivity contribution in [1.29, 1.82) is 0 Å². The van der Waals surface area contributed by atoms with E-state index >= 15 is 0 Å². The van der Waals surface area contributed by atoms with E-state index in [9.17, 15) is 18.0 Å². The van der Waals surface area contributed by atoms with E-state index in [0.29, 0.717) is 12.0 Å². The number of hydrogen-bond donors (Lipinski definition) is 1. The molecule has 0 heterocycles. The molecule has 0 spiro atoms. The highest BCUT2D eigenvalue weighted by atomic mass is 19.4. The normalized spacial score (nSPS) is 13.1. The first-order valence-corrected chi connectivity index (χ1v) is 6.01. The molecule has 0 aliphatic heterocycles. The first-order chi connectivity index (χ1) is 8.85. The molecule has 0 saturated heterocycles. The second-order valence-electron chi connectivity index (χ2n) is 4.26. The second kappa shape index (κ2) is 6.56. The SMILES string of the molecule is CCCN(CC(F)(F)F)C(=O)[C@H](N)c1ccccc1. The number of nitrogens with two attached hydrogens (primary N) is 1. The molecule has 19 heavy (non-hydrogen) atoms. The van der Waals surface area contributed by atoms with E-state index < -0.39 is 24.7 Å². The third-order valence-corrected chi connectivity index (χ3v) is 2.60. The number of benzene rings is 1. The van der Waals surface area contributed by atoms with Crippen LogP contribution in [0.4, 0.5) is 13.2 Å². The van der Waals surface area contributed by atoms with E-state index in [1.165, 1.54) is 0 Å². The van der Waals surface area contributed by atoms with Crippen molar-refractivity contribution in [2.45, 2.75) is 25.6 Å². The lowest BCUT2D eigenvalue weighted by Crippen LogP contribution is -2.44. The molecule has 1 amide bonds. The summed E-state index contributed by atoms with van der Waals surface area (Å²) in [6.45, 7) is 0.490. The molecular formula is C13H17F3N2O. The molecule has 0 radical (unpaired) electrons. The Morgan fingerprint density at radius 1 is 1.32 bits per heavy atom. The zero-order valence-corrected chi connectivity index (χ0v) is 10.7. The summed E-state index contributed by atoms with van der Waals surface area (Å²) in [6, 6.07) is 7.32. The predicted molar refractivity (Wildman–Crippen MR) is 66.3 cm³/mol. The maximum Gasteiger partial charge on any atom is 0.406 e. The topological polar surface area (TPSA) is 46.3 Å². The van der Waals surface area contributed by atoms with Crippen LogP contribution in [0.15, 0.2) is 30.3 Å². The first-order valence-electron chi connectivity index (χ1n) is 6.01. The average molecular weight is 274 g/mol. The molecule has 3 nitrogen and oxygen atoms in total. The second-order valence-corrected chi connectivity index (χ2v) is 4.26. The standard InChI is InChI=1S/C13H17F3N2O/c1-2-8-18(9-13(14,15)16)12(19)11(17)10-6-4-3-5-7-10/h3-7,11H,2,8-9,17H2,1H3/t11-/m1/s1. The summed E-state index contributed by atoms with van der Waals surface area (Å²) in [6.07, 6.45) is -3.97. The minimum Gasteiger partial charge on any atom is -0.332 e. The van der Waals surface area contributed by atoms with Crippen molar-refractivity contribution in [3.8, 4) is 0 Å². The summed E-state index contributed by atoms with van der Waals surface area (Å²) in [4.78, 5) is 12.8. The van der Waals surface area contributed by atoms with Crippen LogP contribution in [0.5, 0.6) is 0 Å². The monoisotopic (exact) mass is 274 g/mol. The Balaban J connectivity index is 2.82. The van der Waals surface area contributed by atoms with Crippen LogP contribution in [0.3, 0.4) is 0 Å². The first kappa shape index (κ1) is 15.5. The Morgan fingerprint density at radius 2 is 1.89 bits per heavy atom. The summed E-state index contributed by atoms with van der Waals surface area (Å²) in [5.41, 5.74) is 6.24. The van der Waals surface area contributed by atoms with E-state index in [-0.39, 0.29) is 6.54 Å². The molecule has 1 aromatic carbocycles. The van der Waals surface area contributed by atoms with Crippen LogP contribution in [0.1, 0.15) is 24.9 Å². The predicted octanol–water partition coefficient (Wildman–Crippen LogP) is 2.49. The van der Waals surface area contributed by atoms with Crippen molar-refractivity contribution in [2.75, 3.05) is 13.1 Å². The van der Waals surface area contributed by atoms with Gasteiger partial charge in [-0.1, -0.05) is 37.3 Å². The lowest BCUT2D eigenvalue weighted by atomic mass is 10.1. The number of nitrogens with zero attached hydrogens (tertiary/aromatic N) is 1. The zero-order valence-electron chi connectivity index (χ0n) is 10.7. The van der Waals surface area contributed by atoms with Crippen molar-refractivity contribution < 1.29 is 18.0 Å². The number of carbonyl (C=O) groups excluding carboxylic acids is 1. The van der Waals surface area contributed by atoms with Gasteiger partial charge >= 0.3 is 6.18 Å². The van der Waals surface area contributed by atoms with Crippen molar-refractivity contribution in [2.24, 2.45) is 5.73 Å². The quantitative estimate of drug-likeness (QED) is 0.896. The average Bonchev–Trinajstić information content (AvgIpc) is 2.36. The van der Waals surface area contributed by atoms with E-state index in [4.69, 9.17) is 5.73 Å². The van der Waals surface area contributed by atoms with Crippen LogP contribution in [0.25, 0.3) is 0 Å². The number of carbonyl (C=O) groups is 1. The van der Waals surface area contributed by atoms with Gasteiger partial charge in [0.2, 0.25) is 5.91 Å². The van der Waals surface area contributed by atoms with Crippen molar-refractivity contribution in [1.82, 2.24) is 4.90 Å². The Hall–Kier alpha value is -1.56. The fourth-order valence-electron chi connectivity index (χ4n) is 1.75. The van der Waals surface area contributed by atoms with Gasteiger partial charge in [0.15, 0.2) is 0 Å². The van der Waals surface area contributed by atoms with Crippen LogP contribution >= 0.6 is 0 Å². The van der Waals surface area contributed by atoms with Gasteiger partial charge in [-0.25, -0.2) is 0 Å². The molecule has 2 N–H and O–H groups in total. The number of alkyl halides is 3. The Kier molecular flexibility index (Phi) is 5.35. The number of amides is 1. The molecule has 0 aliphatic rings. The minimum atomic E-state index is -4.42. The smallest absolute Gasteiger partial charge is 0.332 e. The number of hydrogen-bond acceptors (Lipinski definition) is 2. The van der Waals surface area contributed by atoms with Gasteiger partial charge in [0.05, 0.1) is 0 Å². The summed E-state index contributed by atoms with van der Waals surface area (Å²) >= 11 is 0. The van der Waals surface area contributed by atoms with Crippen LogP contribution in [-0.4, -0.2) is 30.1 Å². The molecule has 1 atom stereocenters. The molecule has 0 aromatic heterocycles. The Morgan fingerprint density at radius 3 is 2.37 bits per heavy atom. The zero-order chi connectivity index (χ0) is 14.5. The Bertz CT molecular complexity index is 406. The summed E-state index contributed by atoms with van der Waals surface area (Å²) in [5.74, 6) is -0.703.